The van der Waals surface area contributed by atoms with Crippen LogP contribution in [-0.2, 0) is 0 Å². The Bertz CT molecular complexity index is 535. The molecule has 0 saturated carbocycles. The minimum absolute atomic E-state index is 0.636. The van der Waals surface area contributed by atoms with Gasteiger partial charge in [-0.15, -0.1) is 0 Å². The topological polar surface area (TPSA) is 18.5 Å². The lowest BCUT2D eigenvalue weighted by Gasteiger charge is -2.12. The molecule has 84 valence electrons. The van der Waals surface area contributed by atoms with Crippen molar-refractivity contribution in [3.05, 3.63) is 34.9 Å². The van der Waals surface area contributed by atoms with Gasteiger partial charge in [-0.2, -0.15) is 0 Å². The first-order valence-corrected chi connectivity index (χ1v) is 5.36. The van der Waals surface area contributed by atoms with Gasteiger partial charge in [0.15, 0.2) is 0 Å². The Balaban J connectivity index is 2.86. The molecule has 16 heavy (non-hydrogen) atoms. The minimum Gasteiger partial charge on any atom is -0.496 e. The largest absolute Gasteiger partial charge is 0.496 e. The number of rotatable bonds is 2. The highest BCUT2D eigenvalue weighted by Crippen LogP contribution is 2.39. The van der Waals surface area contributed by atoms with Crippen LogP contribution in [0.3, 0.4) is 0 Å². The molecule has 2 nitrogen and oxygen atoms in total. The first-order valence-electron chi connectivity index (χ1n) is 4.99. The zero-order valence-electron chi connectivity index (χ0n) is 9.50. The molecule has 0 N–H and O–H groups in total. The maximum Gasteiger partial charge on any atom is 0.141 e. The van der Waals surface area contributed by atoms with Crippen molar-refractivity contribution in [3.8, 4) is 11.5 Å². The lowest BCUT2D eigenvalue weighted by atomic mass is 10.1. The van der Waals surface area contributed by atoms with E-state index >= 15 is 0 Å². The number of hydrogen-bond donors (Lipinski definition) is 0. The van der Waals surface area contributed by atoms with E-state index in [1.165, 1.54) is 0 Å². The quantitative estimate of drug-likeness (QED) is 0.789. The van der Waals surface area contributed by atoms with Crippen molar-refractivity contribution < 1.29 is 9.47 Å². The zero-order valence-corrected chi connectivity index (χ0v) is 10.3. The van der Waals surface area contributed by atoms with Crippen molar-refractivity contribution in [1.82, 2.24) is 0 Å². The summed E-state index contributed by atoms with van der Waals surface area (Å²) in [4.78, 5) is 0. The molecule has 0 fully saturated rings. The summed E-state index contributed by atoms with van der Waals surface area (Å²) >= 11 is 6.30. The number of ether oxygens (including phenoxy) is 2. The Morgan fingerprint density at radius 2 is 1.81 bits per heavy atom. The van der Waals surface area contributed by atoms with Gasteiger partial charge in [-0.3, -0.25) is 0 Å². The van der Waals surface area contributed by atoms with Gasteiger partial charge in [0.25, 0.3) is 0 Å². The predicted molar refractivity (Wildman–Crippen MR) is 66.8 cm³/mol. The summed E-state index contributed by atoms with van der Waals surface area (Å²) in [6.07, 6.45) is 0. The Morgan fingerprint density at radius 1 is 1.06 bits per heavy atom. The van der Waals surface area contributed by atoms with Crippen LogP contribution < -0.4 is 9.47 Å². The highest BCUT2D eigenvalue weighted by Gasteiger charge is 2.12. The van der Waals surface area contributed by atoms with Gasteiger partial charge >= 0.3 is 0 Å². The van der Waals surface area contributed by atoms with E-state index in [0.717, 1.165) is 27.8 Å². The highest BCUT2D eigenvalue weighted by atomic mass is 35.5. The number of halogens is 1. The number of aryl methyl sites for hydroxylation is 1. The minimum atomic E-state index is 0.636. The van der Waals surface area contributed by atoms with Crippen LogP contribution in [0.25, 0.3) is 10.8 Å². The summed E-state index contributed by atoms with van der Waals surface area (Å²) < 4.78 is 10.6. The molecule has 0 saturated heterocycles. The third-order valence-corrected chi connectivity index (χ3v) is 3.02. The molecule has 0 atom stereocenters. The van der Waals surface area contributed by atoms with E-state index in [2.05, 4.69) is 0 Å². The molecular formula is C13H13ClO2. The maximum atomic E-state index is 6.30. The molecular weight excluding hydrogens is 224 g/mol. The van der Waals surface area contributed by atoms with Crippen LogP contribution in [0.2, 0.25) is 5.02 Å². The van der Waals surface area contributed by atoms with Crippen molar-refractivity contribution in [1.29, 1.82) is 0 Å². The molecule has 0 radical (unpaired) electrons. The molecule has 0 aliphatic heterocycles. The van der Waals surface area contributed by atoms with Crippen molar-refractivity contribution in [2.24, 2.45) is 0 Å². The second-order valence-electron chi connectivity index (χ2n) is 3.60. The average molecular weight is 237 g/mol. The molecule has 2 aromatic carbocycles. The zero-order chi connectivity index (χ0) is 11.7. The number of fused-ring (bicyclic) bond motifs is 1. The predicted octanol–water partition coefficient (Wildman–Crippen LogP) is 3.82. The van der Waals surface area contributed by atoms with Crippen LogP contribution in [0, 0.1) is 6.92 Å². The van der Waals surface area contributed by atoms with Gasteiger partial charge in [0.2, 0.25) is 0 Å². The van der Waals surface area contributed by atoms with Gasteiger partial charge in [0, 0.05) is 10.8 Å². The number of hydrogen-bond acceptors (Lipinski definition) is 2. The maximum absolute atomic E-state index is 6.30. The van der Waals surface area contributed by atoms with E-state index in [-0.39, 0.29) is 0 Å². The monoisotopic (exact) mass is 236 g/mol. The third kappa shape index (κ3) is 1.59. The Hall–Kier alpha value is -1.41. The lowest BCUT2D eigenvalue weighted by Crippen LogP contribution is -1.91. The number of benzene rings is 2. The SMILES string of the molecule is COc1c(C)cc2c(OC)cccc2c1Cl. The fourth-order valence-electron chi connectivity index (χ4n) is 1.89. The van der Waals surface area contributed by atoms with E-state index in [1.807, 2.05) is 31.2 Å². The van der Waals surface area contributed by atoms with Crippen LogP contribution in [0.5, 0.6) is 11.5 Å². The van der Waals surface area contributed by atoms with Gasteiger partial charge in [-0.05, 0) is 24.6 Å². The molecule has 0 bridgehead atoms. The van der Waals surface area contributed by atoms with E-state index in [0.29, 0.717) is 5.02 Å². The molecule has 0 spiro atoms. The lowest BCUT2D eigenvalue weighted by molar-refractivity contribution is 0.411. The molecule has 2 aromatic rings. The van der Waals surface area contributed by atoms with Gasteiger partial charge in [-0.25, -0.2) is 0 Å². The molecule has 2 rings (SSSR count). The summed E-state index contributed by atoms with van der Waals surface area (Å²) in [6.45, 7) is 1.97. The molecule has 0 aliphatic carbocycles. The molecule has 0 aromatic heterocycles. The van der Waals surface area contributed by atoms with Gasteiger partial charge in [0.05, 0.1) is 19.2 Å². The van der Waals surface area contributed by atoms with Crippen molar-refractivity contribution in [3.63, 3.8) is 0 Å². The van der Waals surface area contributed by atoms with Crippen LogP contribution in [0.1, 0.15) is 5.56 Å². The average Bonchev–Trinajstić information content (AvgIpc) is 2.29. The standard InChI is InChI=1S/C13H13ClO2/c1-8-7-10-9(12(14)13(8)16-3)5-4-6-11(10)15-2/h4-7H,1-3H3. The second kappa shape index (κ2) is 4.22. The second-order valence-corrected chi connectivity index (χ2v) is 3.97. The molecule has 0 aliphatic rings. The Labute approximate surface area is 99.7 Å². The molecule has 0 unspecified atom stereocenters. The summed E-state index contributed by atoms with van der Waals surface area (Å²) in [6, 6.07) is 7.83. The fraction of sp³-hybridized carbons (Fsp3) is 0.231. The molecule has 0 amide bonds. The van der Waals surface area contributed by atoms with Crippen LogP contribution in [-0.4, -0.2) is 14.2 Å². The normalized spacial score (nSPS) is 10.5. The Morgan fingerprint density at radius 3 is 2.44 bits per heavy atom. The van der Waals surface area contributed by atoms with E-state index < -0.39 is 0 Å². The van der Waals surface area contributed by atoms with Crippen molar-refractivity contribution >= 4 is 22.4 Å². The van der Waals surface area contributed by atoms with E-state index in [9.17, 15) is 0 Å². The molecule has 0 heterocycles. The third-order valence-electron chi connectivity index (χ3n) is 2.64. The fourth-order valence-corrected chi connectivity index (χ4v) is 2.28. The van der Waals surface area contributed by atoms with Gasteiger partial charge in [0.1, 0.15) is 11.5 Å². The summed E-state index contributed by atoms with van der Waals surface area (Å²) in [7, 11) is 3.28. The van der Waals surface area contributed by atoms with E-state index in [4.69, 9.17) is 21.1 Å². The van der Waals surface area contributed by atoms with Gasteiger partial charge < -0.3 is 9.47 Å². The summed E-state index contributed by atoms with van der Waals surface area (Å²) in [5.74, 6) is 1.55. The Kier molecular flexibility index (Phi) is 2.92. The highest BCUT2D eigenvalue weighted by molar-refractivity contribution is 6.37. The summed E-state index contributed by atoms with van der Waals surface area (Å²) in [5, 5.41) is 2.59. The number of methoxy groups -OCH3 is 2. The first kappa shape index (κ1) is 11.1. The van der Waals surface area contributed by atoms with Crippen LogP contribution in [0.4, 0.5) is 0 Å². The van der Waals surface area contributed by atoms with Crippen LogP contribution >= 0.6 is 11.6 Å². The van der Waals surface area contributed by atoms with Crippen molar-refractivity contribution in [2.45, 2.75) is 6.92 Å². The summed E-state index contributed by atoms with van der Waals surface area (Å²) in [5.41, 5.74) is 1.00. The van der Waals surface area contributed by atoms with E-state index in [1.54, 1.807) is 14.2 Å². The van der Waals surface area contributed by atoms with Crippen LogP contribution in [0.15, 0.2) is 24.3 Å². The molecule has 3 heteroatoms. The first-order chi connectivity index (χ1) is 7.69. The van der Waals surface area contributed by atoms with Gasteiger partial charge in [-0.1, -0.05) is 23.7 Å². The van der Waals surface area contributed by atoms with Crippen molar-refractivity contribution in [2.75, 3.05) is 14.2 Å². The smallest absolute Gasteiger partial charge is 0.141 e.